The number of ether oxygens (including phenoxy) is 2. The molecule has 1 aliphatic heterocycles. The van der Waals surface area contributed by atoms with Crippen LogP contribution in [0.3, 0.4) is 0 Å². The van der Waals surface area contributed by atoms with Crippen molar-refractivity contribution in [2.24, 2.45) is 5.92 Å². The van der Waals surface area contributed by atoms with Crippen LogP contribution in [-0.2, 0) is 9.53 Å². The lowest BCUT2D eigenvalue weighted by Gasteiger charge is -2.18. The van der Waals surface area contributed by atoms with E-state index in [1.54, 1.807) is 19.2 Å². The zero-order valence-electron chi connectivity index (χ0n) is 13.8. The molecule has 1 aliphatic rings. The molecule has 1 N–H and O–H groups in total. The number of carbonyl (C=O) groups excluding carboxylic acids is 1. The van der Waals surface area contributed by atoms with Gasteiger partial charge in [-0.05, 0) is 43.5 Å². The topological polar surface area (TPSA) is 76.1 Å². The normalized spacial score (nSPS) is 17.3. The summed E-state index contributed by atoms with van der Waals surface area (Å²) in [6.07, 6.45) is 0.956. The van der Waals surface area contributed by atoms with Gasteiger partial charge in [0.15, 0.2) is 6.61 Å². The fourth-order valence-corrected chi connectivity index (χ4v) is 3.01. The fourth-order valence-electron chi connectivity index (χ4n) is 3.01. The number of rotatable bonds is 6. The number of methoxy groups -OCH3 is 1. The standard InChI is InChI=1S/C17H23NO5/c1-11-6-14(7-12(2)16(11)23-10-15(19)20)17(21)18-5-4-13(8-18)9-22-3/h6-7,13H,4-5,8-10H2,1-3H3,(H,19,20). The van der Waals surface area contributed by atoms with Gasteiger partial charge < -0.3 is 19.5 Å². The molecule has 1 aromatic rings. The Kier molecular flexibility index (Phi) is 5.60. The van der Waals surface area contributed by atoms with Gasteiger partial charge in [0, 0.05) is 31.7 Å². The number of carbonyl (C=O) groups is 2. The van der Waals surface area contributed by atoms with Gasteiger partial charge in [-0.1, -0.05) is 0 Å². The highest BCUT2D eigenvalue weighted by molar-refractivity contribution is 5.95. The van der Waals surface area contributed by atoms with Crippen LogP contribution in [0.2, 0.25) is 0 Å². The zero-order valence-corrected chi connectivity index (χ0v) is 13.8. The van der Waals surface area contributed by atoms with Crippen molar-refractivity contribution in [1.29, 1.82) is 0 Å². The van der Waals surface area contributed by atoms with Gasteiger partial charge in [-0.25, -0.2) is 4.79 Å². The van der Waals surface area contributed by atoms with Crippen LogP contribution < -0.4 is 4.74 Å². The maximum atomic E-state index is 12.6. The minimum Gasteiger partial charge on any atom is -0.481 e. The maximum absolute atomic E-state index is 12.6. The molecule has 0 aliphatic carbocycles. The van der Waals surface area contributed by atoms with Crippen LogP contribution in [0.4, 0.5) is 0 Å². The largest absolute Gasteiger partial charge is 0.481 e. The minimum absolute atomic E-state index is 0.000382. The van der Waals surface area contributed by atoms with Gasteiger partial charge in [0.25, 0.3) is 5.91 Å². The van der Waals surface area contributed by atoms with Gasteiger partial charge in [-0.15, -0.1) is 0 Å². The summed E-state index contributed by atoms with van der Waals surface area (Å²) >= 11 is 0. The summed E-state index contributed by atoms with van der Waals surface area (Å²) in [5.41, 5.74) is 2.14. The van der Waals surface area contributed by atoms with Crippen molar-refractivity contribution in [3.8, 4) is 5.75 Å². The number of hydrogen-bond acceptors (Lipinski definition) is 4. The van der Waals surface area contributed by atoms with E-state index in [-0.39, 0.29) is 12.5 Å². The summed E-state index contributed by atoms with van der Waals surface area (Å²) in [4.78, 5) is 25.1. The number of carboxylic acid groups (broad SMARTS) is 1. The molecule has 126 valence electrons. The monoisotopic (exact) mass is 321 g/mol. The Morgan fingerprint density at radius 2 is 1.96 bits per heavy atom. The summed E-state index contributed by atoms with van der Waals surface area (Å²) in [5.74, 6) is -0.100. The molecule has 1 saturated heterocycles. The van der Waals surface area contributed by atoms with Gasteiger partial charge in [-0.3, -0.25) is 4.79 Å². The minimum atomic E-state index is -1.02. The van der Waals surface area contributed by atoms with E-state index in [0.29, 0.717) is 30.4 Å². The van der Waals surface area contributed by atoms with Crippen molar-refractivity contribution in [2.45, 2.75) is 20.3 Å². The van der Waals surface area contributed by atoms with Gasteiger partial charge in [0.1, 0.15) is 5.75 Å². The van der Waals surface area contributed by atoms with Gasteiger partial charge in [0.2, 0.25) is 0 Å². The first-order valence-corrected chi connectivity index (χ1v) is 7.66. The first-order valence-electron chi connectivity index (χ1n) is 7.66. The Morgan fingerprint density at radius 3 is 2.52 bits per heavy atom. The number of hydrogen-bond donors (Lipinski definition) is 1. The van der Waals surface area contributed by atoms with Gasteiger partial charge in [0.05, 0.1) is 6.61 Å². The first kappa shape index (κ1) is 17.3. The van der Waals surface area contributed by atoms with Crippen LogP contribution in [0.15, 0.2) is 12.1 Å². The predicted octanol–water partition coefficient (Wildman–Crippen LogP) is 1.88. The van der Waals surface area contributed by atoms with E-state index < -0.39 is 5.97 Å². The Bertz CT molecular complexity index is 576. The lowest BCUT2D eigenvalue weighted by Crippen LogP contribution is -2.29. The summed E-state index contributed by atoms with van der Waals surface area (Å²) < 4.78 is 10.5. The van der Waals surface area contributed by atoms with Crippen LogP contribution in [0.5, 0.6) is 5.75 Å². The van der Waals surface area contributed by atoms with Crippen molar-refractivity contribution in [3.05, 3.63) is 28.8 Å². The number of aliphatic carboxylic acids is 1. The van der Waals surface area contributed by atoms with Gasteiger partial charge in [-0.2, -0.15) is 0 Å². The summed E-state index contributed by atoms with van der Waals surface area (Å²) in [7, 11) is 1.67. The molecule has 1 fully saturated rings. The molecule has 1 unspecified atom stereocenters. The SMILES string of the molecule is COCC1CCN(C(=O)c2cc(C)c(OCC(=O)O)c(C)c2)C1. The van der Waals surface area contributed by atoms with Crippen molar-refractivity contribution < 1.29 is 24.2 Å². The van der Waals surface area contributed by atoms with E-state index in [1.165, 1.54) is 0 Å². The Hall–Kier alpha value is -2.08. The molecule has 1 aromatic carbocycles. The molecule has 1 amide bonds. The molecule has 2 rings (SSSR count). The number of amides is 1. The number of benzene rings is 1. The van der Waals surface area contributed by atoms with Crippen LogP contribution in [0.25, 0.3) is 0 Å². The van der Waals surface area contributed by atoms with Crippen LogP contribution >= 0.6 is 0 Å². The molecule has 6 nitrogen and oxygen atoms in total. The Labute approximate surface area is 136 Å². The highest BCUT2D eigenvalue weighted by atomic mass is 16.5. The smallest absolute Gasteiger partial charge is 0.341 e. The zero-order chi connectivity index (χ0) is 17.0. The molecule has 0 saturated carbocycles. The number of likely N-dealkylation sites (tertiary alicyclic amines) is 1. The van der Waals surface area contributed by atoms with Crippen LogP contribution in [-0.4, -0.2) is 55.3 Å². The van der Waals surface area contributed by atoms with E-state index in [9.17, 15) is 9.59 Å². The third-order valence-corrected chi connectivity index (χ3v) is 4.02. The molecule has 0 radical (unpaired) electrons. The van der Waals surface area contributed by atoms with E-state index in [1.807, 2.05) is 18.7 Å². The van der Waals surface area contributed by atoms with Crippen molar-refractivity contribution in [2.75, 3.05) is 33.4 Å². The van der Waals surface area contributed by atoms with E-state index >= 15 is 0 Å². The van der Waals surface area contributed by atoms with Gasteiger partial charge >= 0.3 is 5.97 Å². The fraction of sp³-hybridized carbons (Fsp3) is 0.529. The molecule has 23 heavy (non-hydrogen) atoms. The Morgan fingerprint density at radius 1 is 1.30 bits per heavy atom. The first-order chi connectivity index (χ1) is 10.9. The average molecular weight is 321 g/mol. The average Bonchev–Trinajstić information content (AvgIpc) is 2.94. The Balaban J connectivity index is 2.11. The highest BCUT2D eigenvalue weighted by Crippen LogP contribution is 2.27. The lowest BCUT2D eigenvalue weighted by molar-refractivity contribution is -0.139. The molecule has 1 atom stereocenters. The molecule has 0 spiro atoms. The van der Waals surface area contributed by atoms with Crippen molar-refractivity contribution in [1.82, 2.24) is 4.90 Å². The summed E-state index contributed by atoms with van der Waals surface area (Å²) in [6.45, 7) is 5.37. The van der Waals surface area contributed by atoms with E-state index in [2.05, 4.69) is 0 Å². The number of nitrogens with zero attached hydrogens (tertiary/aromatic N) is 1. The molecule has 1 heterocycles. The van der Waals surface area contributed by atoms with Crippen molar-refractivity contribution in [3.63, 3.8) is 0 Å². The lowest BCUT2D eigenvalue weighted by atomic mass is 10.0. The number of carboxylic acids is 1. The molecule has 0 bridgehead atoms. The quantitative estimate of drug-likeness (QED) is 0.866. The molecule has 0 aromatic heterocycles. The molecule has 6 heteroatoms. The highest BCUT2D eigenvalue weighted by Gasteiger charge is 2.27. The van der Waals surface area contributed by atoms with Crippen molar-refractivity contribution >= 4 is 11.9 Å². The van der Waals surface area contributed by atoms with Crippen LogP contribution in [0.1, 0.15) is 27.9 Å². The molecular formula is C17H23NO5. The third-order valence-electron chi connectivity index (χ3n) is 4.02. The second kappa shape index (κ2) is 7.46. The van der Waals surface area contributed by atoms with E-state index in [0.717, 1.165) is 24.1 Å². The summed E-state index contributed by atoms with van der Waals surface area (Å²) in [5, 5.41) is 8.72. The van der Waals surface area contributed by atoms with Crippen LogP contribution in [0, 0.1) is 19.8 Å². The van der Waals surface area contributed by atoms with E-state index in [4.69, 9.17) is 14.6 Å². The second-order valence-corrected chi connectivity index (χ2v) is 5.98. The molecular weight excluding hydrogens is 298 g/mol. The second-order valence-electron chi connectivity index (χ2n) is 5.98. The predicted molar refractivity (Wildman–Crippen MR) is 84.9 cm³/mol. The third kappa shape index (κ3) is 4.22. The summed E-state index contributed by atoms with van der Waals surface area (Å²) in [6, 6.07) is 3.52. The number of aryl methyl sites for hydroxylation is 2. The maximum Gasteiger partial charge on any atom is 0.341 e.